The third-order valence-corrected chi connectivity index (χ3v) is 1.64. The lowest BCUT2D eigenvalue weighted by Gasteiger charge is -1.96. The van der Waals surface area contributed by atoms with E-state index in [4.69, 9.17) is 4.65 Å². The molecule has 1 heterocycles. The van der Waals surface area contributed by atoms with E-state index in [1.54, 1.807) is 7.11 Å². The zero-order valence-electron chi connectivity index (χ0n) is 4.81. The molecule has 1 rings (SSSR count). The van der Waals surface area contributed by atoms with Crippen LogP contribution in [0.5, 0.6) is 0 Å². The molecule has 0 aromatic rings. The Morgan fingerprint density at radius 2 is 1.86 bits per heavy atom. The van der Waals surface area contributed by atoms with E-state index in [-0.39, 0.29) is 0 Å². The lowest BCUT2D eigenvalue weighted by atomic mass is 9.67. The minimum atomic E-state index is 0.597. The summed E-state index contributed by atoms with van der Waals surface area (Å²) < 4.78 is 5.11. The first kappa shape index (κ1) is 5.17. The molecule has 2 heteroatoms. The maximum atomic E-state index is 5.11. The van der Waals surface area contributed by atoms with Gasteiger partial charge in [0.25, 0.3) is 6.92 Å². The fourth-order valence-electron chi connectivity index (χ4n) is 1.12. The third-order valence-electron chi connectivity index (χ3n) is 1.64. The van der Waals surface area contributed by atoms with Gasteiger partial charge in [0.15, 0.2) is 0 Å². The van der Waals surface area contributed by atoms with Gasteiger partial charge in [-0.25, -0.2) is 0 Å². The maximum absolute atomic E-state index is 5.11. The van der Waals surface area contributed by atoms with Crippen molar-refractivity contribution < 1.29 is 4.65 Å². The van der Waals surface area contributed by atoms with Gasteiger partial charge >= 0.3 is 0 Å². The van der Waals surface area contributed by atoms with Crippen molar-refractivity contribution in [1.82, 2.24) is 0 Å². The highest BCUT2D eigenvalue weighted by atomic mass is 16.4. The van der Waals surface area contributed by atoms with Crippen molar-refractivity contribution >= 4 is 6.92 Å². The Balaban J connectivity index is 2.14. The Kier molecular flexibility index (Phi) is 1.74. The van der Waals surface area contributed by atoms with Gasteiger partial charge in [-0.15, -0.1) is 0 Å². The van der Waals surface area contributed by atoms with Crippen LogP contribution in [0.15, 0.2) is 0 Å². The van der Waals surface area contributed by atoms with Gasteiger partial charge in [-0.3, -0.25) is 0 Å². The van der Waals surface area contributed by atoms with Crippen molar-refractivity contribution in [3.8, 4) is 0 Å². The molecule has 0 aromatic carbocycles. The van der Waals surface area contributed by atoms with Crippen molar-refractivity contribution in [1.29, 1.82) is 0 Å². The third kappa shape index (κ3) is 1.20. The fraction of sp³-hybridized carbons (Fsp3) is 1.00. The van der Waals surface area contributed by atoms with Gasteiger partial charge in [0, 0.05) is 7.11 Å². The molecular formula is C5H11BO. The summed E-state index contributed by atoms with van der Waals surface area (Å²) in [5.41, 5.74) is 0. The Bertz CT molecular complexity index is 50.0. The second kappa shape index (κ2) is 2.36. The van der Waals surface area contributed by atoms with Crippen molar-refractivity contribution in [2.75, 3.05) is 7.11 Å². The van der Waals surface area contributed by atoms with E-state index in [9.17, 15) is 0 Å². The van der Waals surface area contributed by atoms with Gasteiger partial charge in [0.2, 0.25) is 0 Å². The second-order valence-corrected chi connectivity index (χ2v) is 2.14. The summed E-state index contributed by atoms with van der Waals surface area (Å²) in [5.74, 6) is 0. The highest BCUT2D eigenvalue weighted by Crippen LogP contribution is 2.18. The highest BCUT2D eigenvalue weighted by molar-refractivity contribution is 6.52. The maximum Gasteiger partial charge on any atom is 0.292 e. The molecule has 40 valence electrons. The fourth-order valence-corrected chi connectivity index (χ4v) is 1.12. The predicted octanol–water partition coefficient (Wildman–Crippen LogP) is 1.42. The smallest absolute Gasteiger partial charge is 0.292 e. The van der Waals surface area contributed by atoms with Crippen molar-refractivity contribution in [3.05, 3.63) is 0 Å². The Hall–Kier alpha value is 0.0249. The van der Waals surface area contributed by atoms with Crippen LogP contribution in [0.3, 0.4) is 0 Å². The zero-order valence-corrected chi connectivity index (χ0v) is 4.81. The van der Waals surface area contributed by atoms with Crippen molar-refractivity contribution in [2.45, 2.75) is 25.5 Å². The first-order valence-electron chi connectivity index (χ1n) is 2.96. The largest absolute Gasteiger partial charge is 0.439 e. The molecule has 1 aliphatic heterocycles. The first-order chi connectivity index (χ1) is 3.43. The van der Waals surface area contributed by atoms with Crippen LogP contribution in [-0.2, 0) is 4.65 Å². The lowest BCUT2D eigenvalue weighted by molar-refractivity contribution is 0.424. The molecule has 0 spiro atoms. The molecule has 1 saturated heterocycles. The Morgan fingerprint density at radius 3 is 2.14 bits per heavy atom. The predicted molar refractivity (Wildman–Crippen MR) is 31.6 cm³/mol. The SMILES string of the molecule is COB1CCCC1. The Morgan fingerprint density at radius 1 is 1.29 bits per heavy atom. The Labute approximate surface area is 45.2 Å². The van der Waals surface area contributed by atoms with E-state index < -0.39 is 0 Å². The monoisotopic (exact) mass is 98.1 g/mol. The summed E-state index contributed by atoms with van der Waals surface area (Å²) in [7, 11) is 1.80. The van der Waals surface area contributed by atoms with Gasteiger partial charge in [-0.1, -0.05) is 12.8 Å². The number of hydrogen-bond acceptors (Lipinski definition) is 1. The molecular weight excluding hydrogens is 86.9 g/mol. The molecule has 0 amide bonds. The van der Waals surface area contributed by atoms with E-state index in [0.717, 1.165) is 0 Å². The summed E-state index contributed by atoms with van der Waals surface area (Å²) in [6.45, 7) is 0.597. The van der Waals surface area contributed by atoms with Gasteiger partial charge in [0.1, 0.15) is 0 Å². The van der Waals surface area contributed by atoms with Crippen LogP contribution in [0, 0.1) is 0 Å². The van der Waals surface area contributed by atoms with E-state index in [1.807, 2.05) is 0 Å². The molecule has 1 fully saturated rings. The molecule has 1 aliphatic rings. The average Bonchev–Trinajstić information content (AvgIpc) is 2.14. The summed E-state index contributed by atoms with van der Waals surface area (Å²) in [5, 5.41) is 0. The quantitative estimate of drug-likeness (QED) is 0.450. The number of rotatable bonds is 1. The normalized spacial score (nSPS) is 21.0. The van der Waals surface area contributed by atoms with Crippen LogP contribution in [0.2, 0.25) is 12.6 Å². The van der Waals surface area contributed by atoms with Crippen LogP contribution in [0.1, 0.15) is 12.8 Å². The second-order valence-electron chi connectivity index (χ2n) is 2.14. The molecule has 0 aromatic heterocycles. The molecule has 0 radical (unpaired) electrons. The summed E-state index contributed by atoms with van der Waals surface area (Å²) in [6.07, 6.45) is 5.32. The van der Waals surface area contributed by atoms with E-state index in [1.165, 1.54) is 25.5 Å². The standard InChI is InChI=1S/C5H11BO/c1-7-6-4-2-3-5-6/h2-5H2,1H3. The minimum Gasteiger partial charge on any atom is -0.439 e. The summed E-state index contributed by atoms with van der Waals surface area (Å²) in [6, 6.07) is 0. The summed E-state index contributed by atoms with van der Waals surface area (Å²) in [4.78, 5) is 0. The molecule has 0 saturated carbocycles. The van der Waals surface area contributed by atoms with Gasteiger partial charge < -0.3 is 4.65 Å². The van der Waals surface area contributed by atoms with E-state index >= 15 is 0 Å². The molecule has 0 aliphatic carbocycles. The van der Waals surface area contributed by atoms with Crippen LogP contribution < -0.4 is 0 Å². The van der Waals surface area contributed by atoms with E-state index in [2.05, 4.69) is 0 Å². The topological polar surface area (TPSA) is 9.23 Å². The van der Waals surface area contributed by atoms with Gasteiger partial charge in [0.05, 0.1) is 0 Å². The lowest BCUT2D eigenvalue weighted by Crippen LogP contribution is -2.07. The van der Waals surface area contributed by atoms with Crippen LogP contribution in [0.25, 0.3) is 0 Å². The number of hydrogen-bond donors (Lipinski definition) is 0. The summed E-state index contributed by atoms with van der Waals surface area (Å²) >= 11 is 0. The molecule has 1 nitrogen and oxygen atoms in total. The average molecular weight is 98.0 g/mol. The van der Waals surface area contributed by atoms with Crippen LogP contribution in [-0.4, -0.2) is 14.0 Å². The molecule has 0 unspecified atom stereocenters. The van der Waals surface area contributed by atoms with Gasteiger partial charge in [-0.2, -0.15) is 0 Å². The van der Waals surface area contributed by atoms with Crippen LogP contribution >= 0.6 is 0 Å². The molecule has 0 atom stereocenters. The zero-order chi connectivity index (χ0) is 5.11. The molecule has 0 N–H and O–H groups in total. The highest BCUT2D eigenvalue weighted by Gasteiger charge is 2.18. The molecule has 0 bridgehead atoms. The van der Waals surface area contributed by atoms with Crippen LogP contribution in [0.4, 0.5) is 0 Å². The van der Waals surface area contributed by atoms with Crippen molar-refractivity contribution in [3.63, 3.8) is 0 Å². The van der Waals surface area contributed by atoms with Gasteiger partial charge in [-0.05, 0) is 12.6 Å². The van der Waals surface area contributed by atoms with E-state index in [0.29, 0.717) is 6.92 Å². The van der Waals surface area contributed by atoms with Crippen molar-refractivity contribution in [2.24, 2.45) is 0 Å². The molecule has 7 heavy (non-hydrogen) atoms. The first-order valence-corrected chi connectivity index (χ1v) is 2.96. The minimum absolute atomic E-state index is 0.597.